The molecule has 104 valence electrons. The van der Waals surface area contributed by atoms with Crippen LogP contribution in [-0.2, 0) is 16.1 Å². The molecule has 1 saturated heterocycles. The van der Waals surface area contributed by atoms with Crippen molar-refractivity contribution in [3.05, 3.63) is 30.1 Å². The molecular weight excluding hydrogens is 240 g/mol. The fourth-order valence-electron chi connectivity index (χ4n) is 3.25. The molecule has 0 aromatic carbocycles. The van der Waals surface area contributed by atoms with E-state index in [0.717, 1.165) is 26.3 Å². The maximum Gasteiger partial charge on any atom is 0.0856 e. The molecule has 3 rings (SSSR count). The standard InChI is InChI=1S/C15H22N2O2/c1-2-14(15(5-1)12-17-8-9-19-15)11-18-10-13-3-6-16-7-4-13/h3-4,6-7,14,17H,1-2,5,8-12H2/t14-,15+/m0/s1. The van der Waals surface area contributed by atoms with Crippen LogP contribution in [0, 0.1) is 5.92 Å². The number of hydrogen-bond acceptors (Lipinski definition) is 4. The summed E-state index contributed by atoms with van der Waals surface area (Å²) in [6.45, 7) is 4.26. The van der Waals surface area contributed by atoms with Crippen molar-refractivity contribution in [2.75, 3.05) is 26.3 Å². The number of ether oxygens (including phenoxy) is 2. The number of nitrogens with one attached hydrogen (secondary N) is 1. The molecule has 0 unspecified atom stereocenters. The second-order valence-corrected chi connectivity index (χ2v) is 5.55. The van der Waals surface area contributed by atoms with Gasteiger partial charge in [0.25, 0.3) is 0 Å². The Kier molecular flexibility index (Phi) is 4.11. The Labute approximate surface area is 114 Å². The van der Waals surface area contributed by atoms with Crippen molar-refractivity contribution < 1.29 is 9.47 Å². The molecule has 1 N–H and O–H groups in total. The van der Waals surface area contributed by atoms with Crippen LogP contribution in [0.15, 0.2) is 24.5 Å². The molecule has 1 saturated carbocycles. The lowest BCUT2D eigenvalue weighted by Gasteiger charge is -2.39. The van der Waals surface area contributed by atoms with E-state index in [0.29, 0.717) is 12.5 Å². The first kappa shape index (κ1) is 13.0. The van der Waals surface area contributed by atoms with Gasteiger partial charge in [0.15, 0.2) is 0 Å². The van der Waals surface area contributed by atoms with Gasteiger partial charge in [0, 0.05) is 31.4 Å². The Morgan fingerprint density at radius 3 is 3.11 bits per heavy atom. The molecule has 1 spiro atoms. The third kappa shape index (κ3) is 2.96. The minimum atomic E-state index is 0.0382. The van der Waals surface area contributed by atoms with E-state index in [1.807, 2.05) is 24.5 Å². The van der Waals surface area contributed by atoms with Crippen LogP contribution in [0.5, 0.6) is 0 Å². The Hall–Kier alpha value is -0.970. The molecule has 2 atom stereocenters. The highest BCUT2D eigenvalue weighted by atomic mass is 16.5. The highest BCUT2D eigenvalue weighted by Gasteiger charge is 2.44. The van der Waals surface area contributed by atoms with Crippen LogP contribution in [0.2, 0.25) is 0 Å². The van der Waals surface area contributed by atoms with Crippen LogP contribution in [0.1, 0.15) is 24.8 Å². The minimum Gasteiger partial charge on any atom is -0.376 e. The summed E-state index contributed by atoms with van der Waals surface area (Å²) in [4.78, 5) is 4.02. The summed E-state index contributed by atoms with van der Waals surface area (Å²) < 4.78 is 12.0. The van der Waals surface area contributed by atoms with Gasteiger partial charge in [0.2, 0.25) is 0 Å². The monoisotopic (exact) mass is 262 g/mol. The van der Waals surface area contributed by atoms with Gasteiger partial charge in [-0.2, -0.15) is 0 Å². The van der Waals surface area contributed by atoms with Gasteiger partial charge >= 0.3 is 0 Å². The van der Waals surface area contributed by atoms with E-state index in [4.69, 9.17) is 9.47 Å². The summed E-state index contributed by atoms with van der Waals surface area (Å²) in [6.07, 6.45) is 7.26. The van der Waals surface area contributed by atoms with Crippen molar-refractivity contribution in [3.8, 4) is 0 Å². The number of rotatable bonds is 4. The fraction of sp³-hybridized carbons (Fsp3) is 0.667. The smallest absolute Gasteiger partial charge is 0.0856 e. The second kappa shape index (κ2) is 5.99. The van der Waals surface area contributed by atoms with E-state index in [2.05, 4.69) is 10.3 Å². The SMILES string of the molecule is c1cc(COC[C@@H]2CCC[C@@]23CNCCO3)ccn1. The molecule has 19 heavy (non-hydrogen) atoms. The third-order valence-corrected chi connectivity index (χ3v) is 4.33. The van der Waals surface area contributed by atoms with E-state index in [-0.39, 0.29) is 5.60 Å². The van der Waals surface area contributed by atoms with Crippen LogP contribution in [-0.4, -0.2) is 36.9 Å². The van der Waals surface area contributed by atoms with Crippen molar-refractivity contribution in [1.29, 1.82) is 0 Å². The van der Waals surface area contributed by atoms with Crippen LogP contribution >= 0.6 is 0 Å². The molecule has 2 fully saturated rings. The second-order valence-electron chi connectivity index (χ2n) is 5.55. The largest absolute Gasteiger partial charge is 0.376 e. The predicted molar refractivity (Wildman–Crippen MR) is 72.8 cm³/mol. The topological polar surface area (TPSA) is 43.4 Å². The first-order valence-electron chi connectivity index (χ1n) is 7.20. The maximum atomic E-state index is 6.09. The zero-order valence-electron chi connectivity index (χ0n) is 11.3. The Bertz CT molecular complexity index is 390. The summed E-state index contributed by atoms with van der Waals surface area (Å²) in [7, 11) is 0. The van der Waals surface area contributed by atoms with E-state index in [1.54, 1.807) is 0 Å². The highest BCUT2D eigenvalue weighted by Crippen LogP contribution is 2.39. The summed E-state index contributed by atoms with van der Waals surface area (Å²) in [5.74, 6) is 0.530. The highest BCUT2D eigenvalue weighted by molar-refractivity contribution is 5.08. The lowest BCUT2D eigenvalue weighted by molar-refractivity contribution is -0.108. The molecule has 1 aliphatic heterocycles. The molecule has 1 aromatic heterocycles. The van der Waals surface area contributed by atoms with Gasteiger partial charge in [-0.3, -0.25) is 4.98 Å². The molecule has 0 radical (unpaired) electrons. The molecule has 4 heteroatoms. The van der Waals surface area contributed by atoms with Crippen molar-refractivity contribution >= 4 is 0 Å². The van der Waals surface area contributed by atoms with Crippen LogP contribution < -0.4 is 5.32 Å². The molecule has 4 nitrogen and oxygen atoms in total. The molecule has 2 aliphatic rings. The minimum absolute atomic E-state index is 0.0382. The van der Waals surface area contributed by atoms with Crippen LogP contribution in [0.25, 0.3) is 0 Å². The summed E-state index contributed by atoms with van der Waals surface area (Å²) in [5, 5.41) is 3.47. The van der Waals surface area contributed by atoms with Crippen molar-refractivity contribution in [2.45, 2.75) is 31.5 Å². The van der Waals surface area contributed by atoms with Crippen molar-refractivity contribution in [2.24, 2.45) is 5.92 Å². The van der Waals surface area contributed by atoms with E-state index in [1.165, 1.54) is 24.8 Å². The van der Waals surface area contributed by atoms with Crippen LogP contribution in [0.3, 0.4) is 0 Å². The van der Waals surface area contributed by atoms with Gasteiger partial charge in [0.05, 0.1) is 25.4 Å². The quantitative estimate of drug-likeness (QED) is 0.898. The van der Waals surface area contributed by atoms with Crippen LogP contribution in [0.4, 0.5) is 0 Å². The zero-order valence-corrected chi connectivity index (χ0v) is 11.3. The summed E-state index contributed by atoms with van der Waals surface area (Å²) >= 11 is 0. The van der Waals surface area contributed by atoms with Gasteiger partial charge < -0.3 is 14.8 Å². The number of morpholine rings is 1. The Morgan fingerprint density at radius 2 is 2.32 bits per heavy atom. The van der Waals surface area contributed by atoms with Gasteiger partial charge in [-0.05, 0) is 30.5 Å². The average molecular weight is 262 g/mol. The zero-order chi connectivity index (χ0) is 13.0. The number of aromatic nitrogens is 1. The van der Waals surface area contributed by atoms with Gasteiger partial charge in [-0.15, -0.1) is 0 Å². The van der Waals surface area contributed by atoms with Gasteiger partial charge in [-0.1, -0.05) is 6.42 Å². The van der Waals surface area contributed by atoms with E-state index in [9.17, 15) is 0 Å². The number of nitrogens with zero attached hydrogens (tertiary/aromatic N) is 1. The first-order valence-corrected chi connectivity index (χ1v) is 7.20. The number of hydrogen-bond donors (Lipinski definition) is 1. The lowest BCUT2D eigenvalue weighted by Crippen LogP contribution is -2.52. The lowest BCUT2D eigenvalue weighted by atomic mass is 9.90. The predicted octanol–water partition coefficient (Wildman–Crippen LogP) is 1.76. The normalized spacial score (nSPS) is 30.8. The molecule has 1 aromatic rings. The third-order valence-electron chi connectivity index (χ3n) is 4.33. The van der Waals surface area contributed by atoms with E-state index >= 15 is 0 Å². The van der Waals surface area contributed by atoms with Crippen molar-refractivity contribution in [1.82, 2.24) is 10.3 Å². The molecular formula is C15H22N2O2. The first-order chi connectivity index (χ1) is 9.39. The Balaban J connectivity index is 1.51. The van der Waals surface area contributed by atoms with Gasteiger partial charge in [-0.25, -0.2) is 0 Å². The van der Waals surface area contributed by atoms with Crippen molar-refractivity contribution in [3.63, 3.8) is 0 Å². The number of pyridine rings is 1. The summed E-state index contributed by atoms with van der Waals surface area (Å²) in [6, 6.07) is 4.01. The molecule has 1 aliphatic carbocycles. The molecule has 2 heterocycles. The fourth-order valence-corrected chi connectivity index (χ4v) is 3.25. The Morgan fingerprint density at radius 1 is 1.42 bits per heavy atom. The van der Waals surface area contributed by atoms with Gasteiger partial charge in [0.1, 0.15) is 0 Å². The summed E-state index contributed by atoms with van der Waals surface area (Å²) in [5.41, 5.74) is 1.22. The maximum absolute atomic E-state index is 6.09. The molecule has 0 bridgehead atoms. The average Bonchev–Trinajstić information content (AvgIpc) is 2.83. The van der Waals surface area contributed by atoms with E-state index < -0.39 is 0 Å². The molecule has 0 amide bonds.